The van der Waals surface area contributed by atoms with Crippen LogP contribution in [-0.4, -0.2) is 33.0 Å². The minimum Gasteiger partial charge on any atom is -0.288 e. The summed E-state index contributed by atoms with van der Waals surface area (Å²) in [5, 5.41) is 6.79. The van der Waals surface area contributed by atoms with Gasteiger partial charge in [-0.1, -0.05) is 17.7 Å². The van der Waals surface area contributed by atoms with Gasteiger partial charge in [0.05, 0.1) is 12.4 Å². The molecule has 0 saturated heterocycles. The Morgan fingerprint density at radius 3 is 2.85 bits per heavy atom. The summed E-state index contributed by atoms with van der Waals surface area (Å²) in [5.74, 6) is -0.144. The molecule has 0 atom stereocenters. The van der Waals surface area contributed by atoms with E-state index in [4.69, 9.17) is 11.6 Å². The molecule has 0 aliphatic carbocycles. The van der Waals surface area contributed by atoms with E-state index in [9.17, 15) is 8.42 Å². The van der Waals surface area contributed by atoms with E-state index in [-0.39, 0.29) is 16.1 Å². The topological polar surface area (TPSA) is 102 Å². The van der Waals surface area contributed by atoms with Crippen LogP contribution in [0.1, 0.15) is 0 Å². The summed E-state index contributed by atoms with van der Waals surface area (Å²) in [7, 11) is -3.97. The number of halogens is 1. The summed E-state index contributed by atoms with van der Waals surface area (Å²) in [4.78, 5) is 7.72. The molecule has 3 heterocycles. The Balaban J connectivity index is 2.12. The Kier molecular flexibility index (Phi) is 2.99. The molecule has 0 spiro atoms. The van der Waals surface area contributed by atoms with Crippen LogP contribution in [0.4, 0.5) is 5.95 Å². The van der Waals surface area contributed by atoms with Gasteiger partial charge in [-0.05, 0) is 12.1 Å². The molecule has 8 nitrogen and oxygen atoms in total. The van der Waals surface area contributed by atoms with Gasteiger partial charge in [-0.25, -0.2) is 14.7 Å². The highest BCUT2D eigenvalue weighted by Gasteiger charge is 2.25. The van der Waals surface area contributed by atoms with E-state index in [1.807, 2.05) is 0 Å². The maximum atomic E-state index is 12.3. The Labute approximate surface area is 118 Å². The predicted molar refractivity (Wildman–Crippen MR) is 70.8 cm³/mol. The molecule has 3 rings (SSSR count). The van der Waals surface area contributed by atoms with E-state index < -0.39 is 10.0 Å². The lowest BCUT2D eigenvalue weighted by molar-refractivity contribution is 0.596. The first-order chi connectivity index (χ1) is 9.58. The Hall–Kier alpha value is -2.26. The summed E-state index contributed by atoms with van der Waals surface area (Å²) in [5.41, 5.74) is 0.421. The van der Waals surface area contributed by atoms with Gasteiger partial charge in [0.1, 0.15) is 5.65 Å². The van der Waals surface area contributed by atoms with Crippen LogP contribution in [0.3, 0.4) is 0 Å². The third-order valence-electron chi connectivity index (χ3n) is 2.41. The van der Waals surface area contributed by atoms with Gasteiger partial charge in [0.2, 0.25) is 0 Å². The molecule has 102 valence electrons. The zero-order valence-electron chi connectivity index (χ0n) is 9.80. The number of aromatic nitrogens is 5. The molecule has 3 aromatic rings. The van der Waals surface area contributed by atoms with Gasteiger partial charge >= 0.3 is 0 Å². The maximum Gasteiger partial charge on any atom is 0.283 e. The van der Waals surface area contributed by atoms with Crippen LogP contribution in [0, 0.1) is 0 Å². The predicted octanol–water partition coefficient (Wildman–Crippen LogP) is 0.973. The second kappa shape index (κ2) is 4.69. The molecule has 20 heavy (non-hydrogen) atoms. The number of hydrogen-bond acceptors (Lipinski definition) is 6. The molecule has 10 heteroatoms. The maximum absolute atomic E-state index is 12.3. The van der Waals surface area contributed by atoms with Crippen LogP contribution in [0.5, 0.6) is 0 Å². The lowest BCUT2D eigenvalue weighted by Crippen LogP contribution is -2.17. The Bertz CT molecular complexity index is 864. The fourth-order valence-electron chi connectivity index (χ4n) is 1.65. The summed E-state index contributed by atoms with van der Waals surface area (Å²) in [6.07, 6.45) is 4.20. The number of pyridine rings is 1. The second-order valence-corrected chi connectivity index (χ2v) is 5.66. The Morgan fingerprint density at radius 2 is 2.10 bits per heavy atom. The third kappa shape index (κ3) is 2.17. The number of imidazole rings is 1. The van der Waals surface area contributed by atoms with Gasteiger partial charge in [-0.3, -0.25) is 4.40 Å². The van der Waals surface area contributed by atoms with Crippen molar-refractivity contribution < 1.29 is 8.42 Å². The van der Waals surface area contributed by atoms with Crippen molar-refractivity contribution in [2.75, 3.05) is 4.72 Å². The van der Waals surface area contributed by atoms with E-state index in [1.54, 1.807) is 24.4 Å². The van der Waals surface area contributed by atoms with E-state index in [0.717, 1.165) is 0 Å². The second-order valence-electron chi connectivity index (χ2n) is 3.71. The fourth-order valence-corrected chi connectivity index (χ4v) is 3.24. The number of hydrogen-bond donors (Lipinski definition) is 1. The van der Waals surface area contributed by atoms with E-state index in [1.165, 1.54) is 16.8 Å². The molecule has 0 saturated carbocycles. The smallest absolute Gasteiger partial charge is 0.283 e. The SMILES string of the molecule is O=S(=O)(Nc1nccnn1)c1c(Cl)nc2ccccn12. The number of rotatable bonds is 3. The van der Waals surface area contributed by atoms with Gasteiger partial charge in [0.15, 0.2) is 10.2 Å². The molecule has 1 N–H and O–H groups in total. The van der Waals surface area contributed by atoms with Crippen molar-refractivity contribution in [3.63, 3.8) is 0 Å². The van der Waals surface area contributed by atoms with Gasteiger partial charge in [0.25, 0.3) is 16.0 Å². The van der Waals surface area contributed by atoms with Crippen LogP contribution in [0.15, 0.2) is 41.8 Å². The van der Waals surface area contributed by atoms with Crippen molar-refractivity contribution >= 4 is 33.2 Å². The number of sulfonamides is 1. The average Bonchev–Trinajstić information content (AvgIpc) is 2.75. The summed E-state index contributed by atoms with van der Waals surface area (Å²) in [6.45, 7) is 0. The van der Waals surface area contributed by atoms with Crippen LogP contribution >= 0.6 is 11.6 Å². The largest absolute Gasteiger partial charge is 0.288 e. The van der Waals surface area contributed by atoms with Crippen LogP contribution in [0.2, 0.25) is 5.15 Å². The first-order valence-corrected chi connectivity index (χ1v) is 7.23. The molecule has 0 aliphatic rings. The minimum absolute atomic E-state index is 0.132. The summed E-state index contributed by atoms with van der Waals surface area (Å²) >= 11 is 5.91. The van der Waals surface area contributed by atoms with E-state index >= 15 is 0 Å². The molecular weight excluding hydrogens is 304 g/mol. The van der Waals surface area contributed by atoms with Crippen molar-refractivity contribution in [3.8, 4) is 0 Å². The molecular formula is C10H7ClN6O2S. The van der Waals surface area contributed by atoms with Crippen LogP contribution in [-0.2, 0) is 10.0 Å². The quantitative estimate of drug-likeness (QED) is 0.773. The lowest BCUT2D eigenvalue weighted by atomic mass is 10.5. The standard InChI is InChI=1S/C10H7ClN6O2S/c11-8-9(17-6-2-1-3-7(17)14-8)20(18,19)16-10-12-4-5-13-15-10/h1-6H,(H,12,15,16). The fraction of sp³-hybridized carbons (Fsp3) is 0. The average molecular weight is 311 g/mol. The highest BCUT2D eigenvalue weighted by molar-refractivity contribution is 7.92. The highest BCUT2D eigenvalue weighted by Crippen LogP contribution is 2.23. The number of nitrogens with one attached hydrogen (secondary N) is 1. The zero-order chi connectivity index (χ0) is 14.2. The van der Waals surface area contributed by atoms with Crippen molar-refractivity contribution in [1.82, 2.24) is 24.6 Å². The normalized spacial score (nSPS) is 11.7. The first kappa shape index (κ1) is 12.8. The Morgan fingerprint density at radius 1 is 1.25 bits per heavy atom. The molecule has 0 amide bonds. The molecule has 3 aromatic heterocycles. The molecule has 0 unspecified atom stereocenters. The molecule has 0 radical (unpaired) electrons. The van der Waals surface area contributed by atoms with Gasteiger partial charge < -0.3 is 0 Å². The van der Waals surface area contributed by atoms with Crippen molar-refractivity contribution in [3.05, 3.63) is 41.9 Å². The van der Waals surface area contributed by atoms with Crippen LogP contribution < -0.4 is 4.72 Å². The lowest BCUT2D eigenvalue weighted by Gasteiger charge is -2.05. The summed E-state index contributed by atoms with van der Waals surface area (Å²) in [6, 6.07) is 5.04. The third-order valence-corrected chi connectivity index (χ3v) is 4.14. The molecule has 0 fully saturated rings. The number of anilines is 1. The van der Waals surface area contributed by atoms with Gasteiger partial charge in [0, 0.05) is 6.20 Å². The van der Waals surface area contributed by atoms with Crippen LogP contribution in [0.25, 0.3) is 5.65 Å². The van der Waals surface area contributed by atoms with E-state index in [2.05, 4.69) is 24.9 Å². The minimum atomic E-state index is -3.97. The molecule has 0 aliphatic heterocycles. The number of nitrogens with zero attached hydrogens (tertiary/aromatic N) is 5. The van der Waals surface area contributed by atoms with Gasteiger partial charge in [-0.2, -0.15) is 13.5 Å². The number of fused-ring (bicyclic) bond motifs is 1. The first-order valence-electron chi connectivity index (χ1n) is 5.37. The van der Waals surface area contributed by atoms with Gasteiger partial charge in [-0.15, -0.1) is 5.10 Å². The molecule has 0 aromatic carbocycles. The van der Waals surface area contributed by atoms with Crippen molar-refractivity contribution in [2.24, 2.45) is 0 Å². The zero-order valence-corrected chi connectivity index (χ0v) is 11.4. The molecule has 0 bridgehead atoms. The van der Waals surface area contributed by atoms with E-state index in [0.29, 0.717) is 5.65 Å². The van der Waals surface area contributed by atoms with Crippen molar-refractivity contribution in [2.45, 2.75) is 5.03 Å². The monoisotopic (exact) mass is 310 g/mol. The highest BCUT2D eigenvalue weighted by atomic mass is 35.5. The van der Waals surface area contributed by atoms with Crippen molar-refractivity contribution in [1.29, 1.82) is 0 Å². The summed E-state index contributed by atoms with van der Waals surface area (Å²) < 4.78 is 28.2.